The molecule has 0 radical (unpaired) electrons. The molecule has 13 heavy (non-hydrogen) atoms. The molecule has 6 nitrogen and oxygen atoms in total. The molecule has 0 saturated carbocycles. The summed E-state index contributed by atoms with van der Waals surface area (Å²) >= 11 is 0. The topological polar surface area (TPSA) is 93.9 Å². The van der Waals surface area contributed by atoms with E-state index in [9.17, 15) is 4.79 Å². The Hall–Kier alpha value is -1.30. The first-order chi connectivity index (χ1) is 5.59. The van der Waals surface area contributed by atoms with E-state index in [1.165, 1.54) is 0 Å². The maximum absolute atomic E-state index is 11.1. The van der Waals surface area contributed by atoms with Crippen LogP contribution in [0.5, 0.6) is 0 Å². The monoisotopic (exact) mass is 206 g/mol. The second-order valence-electron chi connectivity index (χ2n) is 2.50. The van der Waals surface area contributed by atoms with Crippen molar-refractivity contribution in [2.45, 2.75) is 20.0 Å². The Labute approximate surface area is 81.3 Å². The van der Waals surface area contributed by atoms with Crippen molar-refractivity contribution in [2.75, 3.05) is 5.73 Å². The van der Waals surface area contributed by atoms with Gasteiger partial charge in [-0.2, -0.15) is 4.98 Å². The molecule has 7 heteroatoms. The first-order valence-corrected chi connectivity index (χ1v) is 3.48. The largest absolute Gasteiger partial charge is 0.457 e. The number of anilines is 1. The van der Waals surface area contributed by atoms with E-state index in [0.29, 0.717) is 0 Å². The zero-order chi connectivity index (χ0) is 9.14. The van der Waals surface area contributed by atoms with Crippen LogP contribution in [0.2, 0.25) is 0 Å². The van der Waals surface area contributed by atoms with E-state index >= 15 is 0 Å². The van der Waals surface area contributed by atoms with Gasteiger partial charge in [-0.25, -0.2) is 4.79 Å². The number of nitrogen functional groups attached to an aromatic ring is 1. The Morgan fingerprint density at radius 1 is 1.62 bits per heavy atom. The summed E-state index contributed by atoms with van der Waals surface area (Å²) in [6, 6.07) is 0. The lowest BCUT2D eigenvalue weighted by molar-refractivity contribution is 0.0364. The summed E-state index contributed by atoms with van der Waals surface area (Å²) in [5.74, 6) is -0.485. The van der Waals surface area contributed by atoms with Crippen LogP contribution in [-0.4, -0.2) is 27.3 Å². The minimum Gasteiger partial charge on any atom is -0.457 e. The molecule has 0 saturated heterocycles. The number of ether oxygens (including phenoxy) is 1. The Kier molecular flexibility index (Phi) is 4.19. The van der Waals surface area contributed by atoms with Crippen LogP contribution in [0.4, 0.5) is 5.95 Å². The fourth-order valence-corrected chi connectivity index (χ4v) is 0.636. The SMILES string of the molecule is CC(C)OC(=O)c1nc(N)n[nH]1.Cl. The molecule has 1 rings (SSSR count). The Balaban J connectivity index is 0.00000144. The molecule has 0 aliphatic rings. The Morgan fingerprint density at radius 3 is 2.62 bits per heavy atom. The zero-order valence-electron chi connectivity index (χ0n) is 7.27. The van der Waals surface area contributed by atoms with Gasteiger partial charge in [-0.05, 0) is 13.8 Å². The van der Waals surface area contributed by atoms with Crippen molar-refractivity contribution in [1.29, 1.82) is 0 Å². The average molecular weight is 207 g/mol. The van der Waals surface area contributed by atoms with E-state index in [4.69, 9.17) is 10.5 Å². The van der Waals surface area contributed by atoms with Gasteiger partial charge in [0.15, 0.2) is 0 Å². The lowest BCUT2D eigenvalue weighted by Crippen LogP contribution is -2.13. The molecule has 0 atom stereocenters. The van der Waals surface area contributed by atoms with E-state index < -0.39 is 5.97 Å². The number of nitrogens with zero attached hydrogens (tertiary/aromatic N) is 2. The van der Waals surface area contributed by atoms with Gasteiger partial charge in [0.25, 0.3) is 0 Å². The highest BCUT2D eigenvalue weighted by atomic mass is 35.5. The molecule has 0 amide bonds. The number of halogens is 1. The predicted molar refractivity (Wildman–Crippen MR) is 48.6 cm³/mol. The number of carbonyl (C=O) groups is 1. The van der Waals surface area contributed by atoms with Gasteiger partial charge in [-0.3, -0.25) is 5.10 Å². The summed E-state index contributed by atoms with van der Waals surface area (Å²) in [6.07, 6.45) is -0.177. The second kappa shape index (κ2) is 4.66. The molecule has 0 aliphatic carbocycles. The number of rotatable bonds is 2. The van der Waals surface area contributed by atoms with Crippen molar-refractivity contribution in [3.63, 3.8) is 0 Å². The number of aromatic amines is 1. The van der Waals surface area contributed by atoms with Crippen LogP contribution in [0, 0.1) is 0 Å². The number of hydrogen-bond donors (Lipinski definition) is 2. The van der Waals surface area contributed by atoms with Crippen molar-refractivity contribution < 1.29 is 9.53 Å². The molecule has 0 fully saturated rings. The van der Waals surface area contributed by atoms with E-state index in [2.05, 4.69) is 15.2 Å². The summed E-state index contributed by atoms with van der Waals surface area (Å²) in [5, 5.41) is 5.84. The van der Waals surface area contributed by atoms with Crippen LogP contribution in [0.15, 0.2) is 0 Å². The van der Waals surface area contributed by atoms with Crippen molar-refractivity contribution in [2.24, 2.45) is 0 Å². The quantitative estimate of drug-likeness (QED) is 0.682. The van der Waals surface area contributed by atoms with E-state index in [1.807, 2.05) is 0 Å². The highest BCUT2D eigenvalue weighted by Gasteiger charge is 2.12. The molecular formula is C6H11ClN4O2. The van der Waals surface area contributed by atoms with E-state index in [0.717, 1.165) is 0 Å². The highest BCUT2D eigenvalue weighted by molar-refractivity contribution is 5.85. The van der Waals surface area contributed by atoms with Crippen LogP contribution >= 0.6 is 12.4 Å². The highest BCUT2D eigenvalue weighted by Crippen LogP contribution is 1.98. The van der Waals surface area contributed by atoms with Gasteiger partial charge in [-0.15, -0.1) is 17.5 Å². The summed E-state index contributed by atoms with van der Waals surface area (Å²) in [6.45, 7) is 3.50. The molecule has 0 spiro atoms. The first-order valence-electron chi connectivity index (χ1n) is 3.48. The lowest BCUT2D eigenvalue weighted by Gasteiger charge is -2.04. The maximum atomic E-state index is 11.1. The number of nitrogens with two attached hydrogens (primary N) is 1. The predicted octanol–water partition coefficient (Wildman–Crippen LogP) is 0.374. The molecule has 3 N–H and O–H groups in total. The number of nitrogens with one attached hydrogen (secondary N) is 1. The minimum atomic E-state index is -0.547. The van der Waals surface area contributed by atoms with Crippen molar-refractivity contribution >= 4 is 24.3 Å². The molecule has 1 aromatic heterocycles. The van der Waals surface area contributed by atoms with Crippen LogP contribution in [0.25, 0.3) is 0 Å². The van der Waals surface area contributed by atoms with Gasteiger partial charge in [0.1, 0.15) is 0 Å². The third-order valence-electron chi connectivity index (χ3n) is 1.04. The lowest BCUT2D eigenvalue weighted by atomic mass is 10.5. The summed E-state index contributed by atoms with van der Waals surface area (Å²) in [5.41, 5.74) is 5.19. The Bertz CT molecular complexity index is 286. The molecule has 74 valence electrons. The zero-order valence-corrected chi connectivity index (χ0v) is 8.09. The van der Waals surface area contributed by atoms with Gasteiger partial charge < -0.3 is 10.5 Å². The second-order valence-corrected chi connectivity index (χ2v) is 2.50. The normalized spacial score (nSPS) is 9.46. The van der Waals surface area contributed by atoms with Crippen molar-refractivity contribution in [3.05, 3.63) is 5.82 Å². The van der Waals surface area contributed by atoms with Crippen LogP contribution in [0.1, 0.15) is 24.5 Å². The van der Waals surface area contributed by atoms with Crippen molar-refractivity contribution in [3.8, 4) is 0 Å². The maximum Gasteiger partial charge on any atom is 0.376 e. The minimum absolute atomic E-state index is 0. The smallest absolute Gasteiger partial charge is 0.376 e. The Morgan fingerprint density at radius 2 is 2.23 bits per heavy atom. The van der Waals surface area contributed by atoms with Crippen LogP contribution in [0.3, 0.4) is 0 Å². The van der Waals surface area contributed by atoms with Crippen molar-refractivity contribution in [1.82, 2.24) is 15.2 Å². The molecule has 0 unspecified atom stereocenters. The van der Waals surface area contributed by atoms with Gasteiger partial charge in [0.05, 0.1) is 6.10 Å². The van der Waals surface area contributed by atoms with Crippen LogP contribution < -0.4 is 5.73 Å². The third-order valence-corrected chi connectivity index (χ3v) is 1.04. The summed E-state index contributed by atoms with van der Waals surface area (Å²) in [7, 11) is 0. The summed E-state index contributed by atoms with van der Waals surface area (Å²) in [4.78, 5) is 14.7. The number of esters is 1. The molecule has 1 heterocycles. The van der Waals surface area contributed by atoms with E-state index in [1.54, 1.807) is 13.8 Å². The number of aromatic nitrogens is 3. The molecule has 1 aromatic rings. The fraction of sp³-hybridized carbons (Fsp3) is 0.500. The van der Waals surface area contributed by atoms with Gasteiger partial charge in [0.2, 0.25) is 11.8 Å². The number of carbonyl (C=O) groups excluding carboxylic acids is 1. The average Bonchev–Trinajstić information content (AvgIpc) is 2.34. The molecule has 0 aromatic carbocycles. The van der Waals surface area contributed by atoms with Gasteiger partial charge in [0, 0.05) is 0 Å². The standard InChI is InChI=1S/C6H10N4O2.ClH/c1-3(2)12-5(11)4-8-6(7)10-9-4;/h3H,1-2H3,(H3,7,8,9,10);1H. The number of H-pyrrole nitrogens is 1. The number of hydrogen-bond acceptors (Lipinski definition) is 5. The first kappa shape index (κ1) is 11.7. The molecule has 0 aliphatic heterocycles. The summed E-state index contributed by atoms with van der Waals surface area (Å²) < 4.78 is 4.82. The third kappa shape index (κ3) is 3.29. The molecular weight excluding hydrogens is 196 g/mol. The fourth-order valence-electron chi connectivity index (χ4n) is 0.636. The van der Waals surface area contributed by atoms with Crippen LogP contribution in [-0.2, 0) is 4.74 Å². The van der Waals surface area contributed by atoms with Gasteiger partial charge >= 0.3 is 5.97 Å². The van der Waals surface area contributed by atoms with Gasteiger partial charge in [-0.1, -0.05) is 0 Å². The van der Waals surface area contributed by atoms with E-state index in [-0.39, 0.29) is 30.3 Å². The molecule has 0 bridgehead atoms.